The molecule has 1 N–H and O–H groups in total. The van der Waals surface area contributed by atoms with Crippen molar-refractivity contribution in [1.82, 2.24) is 0 Å². The van der Waals surface area contributed by atoms with Crippen molar-refractivity contribution in [2.45, 2.75) is 30.3 Å². The van der Waals surface area contributed by atoms with Crippen molar-refractivity contribution < 1.29 is 53.8 Å². The summed E-state index contributed by atoms with van der Waals surface area (Å²) in [6.45, 7) is -0.972. The van der Waals surface area contributed by atoms with Gasteiger partial charge >= 0.3 is 18.3 Å². The Balaban J connectivity index is 1.67. The number of halogens is 7. The molecule has 1 atom stereocenters. The molecule has 1 aliphatic rings. The van der Waals surface area contributed by atoms with Crippen LogP contribution < -0.4 is 9.04 Å². The molecule has 0 radical (unpaired) electrons. The van der Waals surface area contributed by atoms with Gasteiger partial charge in [0.2, 0.25) is 0 Å². The highest BCUT2D eigenvalue weighted by Gasteiger charge is 2.38. The van der Waals surface area contributed by atoms with Crippen LogP contribution in [-0.2, 0) is 40.2 Å². The van der Waals surface area contributed by atoms with Gasteiger partial charge in [0, 0.05) is 12.6 Å². The second-order valence-corrected chi connectivity index (χ2v) is 10.6. The number of sulfonamides is 1. The first-order valence-corrected chi connectivity index (χ1v) is 12.6. The Morgan fingerprint density at radius 1 is 0.974 bits per heavy atom. The Labute approximate surface area is 217 Å². The first-order chi connectivity index (χ1) is 18.1. The fraction of sp³-hybridized carbons (Fsp3) is 0.240. The summed E-state index contributed by atoms with van der Waals surface area (Å²) in [5.74, 6) is -4.01. The summed E-state index contributed by atoms with van der Waals surface area (Å²) >= 11 is 0. The fourth-order valence-electron chi connectivity index (χ4n) is 4.06. The monoisotopic (exact) mass is 577 g/mol. The van der Waals surface area contributed by atoms with Crippen molar-refractivity contribution >= 4 is 21.7 Å². The van der Waals surface area contributed by atoms with Crippen LogP contribution in [0.15, 0.2) is 65.6 Å². The van der Waals surface area contributed by atoms with Gasteiger partial charge in [0.25, 0.3) is 10.0 Å². The van der Waals surface area contributed by atoms with E-state index in [9.17, 15) is 49.1 Å². The molecule has 0 spiro atoms. The van der Waals surface area contributed by atoms with Crippen molar-refractivity contribution in [3.05, 3.63) is 88.7 Å². The quantitative estimate of drug-likeness (QED) is 0.370. The van der Waals surface area contributed by atoms with E-state index in [0.29, 0.717) is 28.6 Å². The highest BCUT2D eigenvalue weighted by molar-refractivity contribution is 7.92. The Bertz CT molecular complexity index is 1520. The number of nitrogens with zero attached hydrogens (tertiary/aromatic N) is 1. The fourth-order valence-corrected chi connectivity index (χ4v) is 5.65. The maximum atomic E-state index is 13.9. The van der Waals surface area contributed by atoms with Crippen LogP contribution in [0, 0.1) is 11.7 Å². The van der Waals surface area contributed by atoms with E-state index >= 15 is 0 Å². The van der Waals surface area contributed by atoms with E-state index in [0.717, 1.165) is 18.2 Å². The first kappa shape index (κ1) is 28.2. The molecule has 0 aliphatic carbocycles. The van der Waals surface area contributed by atoms with Crippen LogP contribution in [0.3, 0.4) is 0 Å². The summed E-state index contributed by atoms with van der Waals surface area (Å²) in [6, 6.07) is 9.16. The standard InChI is InChI=1S/C25H18F7NO5S/c26-21-8-14(4-7-20(21)25(30,31)32)13-38-18-6-5-15-9-16(23(34)35)12-33(22(15)11-18)39(36,37)19-3-1-2-17(10-19)24(27,28)29/h1-8,10-11,16H,9,12-13H2,(H,34,35). The van der Waals surface area contributed by atoms with Crippen LogP contribution in [0.1, 0.15) is 22.3 Å². The van der Waals surface area contributed by atoms with Crippen molar-refractivity contribution in [3.63, 3.8) is 0 Å². The zero-order valence-corrected chi connectivity index (χ0v) is 20.4. The van der Waals surface area contributed by atoms with Crippen LogP contribution >= 0.6 is 0 Å². The molecule has 3 aromatic rings. The topological polar surface area (TPSA) is 83.9 Å². The summed E-state index contributed by atoms with van der Waals surface area (Å²) in [5, 5.41) is 9.53. The Morgan fingerprint density at radius 2 is 1.69 bits per heavy atom. The molecule has 4 rings (SSSR count). The van der Waals surface area contributed by atoms with Crippen molar-refractivity contribution in [3.8, 4) is 5.75 Å². The number of fused-ring (bicyclic) bond motifs is 1. The van der Waals surface area contributed by atoms with E-state index in [1.807, 2.05) is 0 Å². The molecule has 0 saturated heterocycles. The van der Waals surface area contributed by atoms with Crippen molar-refractivity contribution in [2.75, 3.05) is 10.8 Å². The lowest BCUT2D eigenvalue weighted by molar-refractivity contribution is -0.141. The zero-order valence-electron chi connectivity index (χ0n) is 19.6. The summed E-state index contributed by atoms with van der Waals surface area (Å²) in [5.41, 5.74) is -2.41. The molecule has 1 aliphatic heterocycles. The van der Waals surface area contributed by atoms with Crippen LogP contribution in [0.5, 0.6) is 5.75 Å². The summed E-state index contributed by atoms with van der Waals surface area (Å²) in [4.78, 5) is 11.0. The number of rotatable bonds is 6. The molecule has 1 heterocycles. The number of carboxylic acids is 1. The molecule has 39 heavy (non-hydrogen) atoms. The molecule has 6 nitrogen and oxygen atoms in total. The Morgan fingerprint density at radius 3 is 2.31 bits per heavy atom. The lowest BCUT2D eigenvalue weighted by Crippen LogP contribution is -2.42. The van der Waals surface area contributed by atoms with Crippen LogP contribution in [0.25, 0.3) is 0 Å². The average molecular weight is 577 g/mol. The first-order valence-electron chi connectivity index (χ1n) is 11.1. The second kappa shape index (κ2) is 10.1. The van der Waals surface area contributed by atoms with Gasteiger partial charge in [-0.2, -0.15) is 26.3 Å². The van der Waals surface area contributed by atoms with E-state index in [2.05, 4.69) is 0 Å². The predicted molar refractivity (Wildman–Crippen MR) is 123 cm³/mol. The third-order valence-corrected chi connectivity index (χ3v) is 7.80. The van der Waals surface area contributed by atoms with E-state index in [4.69, 9.17) is 4.74 Å². The molecule has 0 bridgehead atoms. The number of aliphatic carboxylic acids is 1. The molecule has 0 fully saturated rings. The smallest absolute Gasteiger partial charge is 0.419 e. The third-order valence-electron chi connectivity index (χ3n) is 6.02. The van der Waals surface area contributed by atoms with Gasteiger partial charge in [0.15, 0.2) is 0 Å². The molecular weight excluding hydrogens is 559 g/mol. The van der Waals surface area contributed by atoms with Crippen LogP contribution in [-0.4, -0.2) is 26.0 Å². The Kier molecular flexibility index (Phi) is 7.27. The van der Waals surface area contributed by atoms with Gasteiger partial charge in [-0.1, -0.05) is 18.2 Å². The third kappa shape index (κ3) is 5.95. The van der Waals surface area contributed by atoms with E-state index in [1.165, 1.54) is 18.2 Å². The molecule has 3 aromatic carbocycles. The molecule has 0 aromatic heterocycles. The number of alkyl halides is 6. The number of hydrogen-bond acceptors (Lipinski definition) is 4. The summed E-state index contributed by atoms with van der Waals surface area (Å²) in [7, 11) is -4.67. The van der Waals surface area contributed by atoms with Gasteiger partial charge in [-0.25, -0.2) is 12.8 Å². The molecule has 0 saturated carbocycles. The minimum Gasteiger partial charge on any atom is -0.489 e. The van der Waals surface area contributed by atoms with Gasteiger partial charge in [0.05, 0.1) is 27.6 Å². The molecule has 208 valence electrons. The van der Waals surface area contributed by atoms with Crippen molar-refractivity contribution in [2.24, 2.45) is 5.92 Å². The van der Waals surface area contributed by atoms with Gasteiger partial charge in [-0.15, -0.1) is 0 Å². The normalized spacial score (nSPS) is 16.1. The minimum absolute atomic E-state index is 0.00655. The number of anilines is 1. The summed E-state index contributed by atoms with van der Waals surface area (Å²) < 4.78 is 125. The SMILES string of the molecule is O=C(O)C1Cc2ccc(OCc3ccc(C(F)(F)F)c(F)c3)cc2N(S(=O)(=O)c2cccc(C(F)(F)F)c2)C1. The maximum Gasteiger partial charge on any atom is 0.419 e. The Hall–Kier alpha value is -3.81. The molecular formula is C25H18F7NO5S. The highest BCUT2D eigenvalue weighted by Crippen LogP contribution is 2.38. The van der Waals surface area contributed by atoms with Crippen LogP contribution in [0.2, 0.25) is 0 Å². The predicted octanol–water partition coefficient (Wildman–Crippen LogP) is 5.89. The number of ether oxygens (including phenoxy) is 1. The molecule has 14 heteroatoms. The second-order valence-electron chi connectivity index (χ2n) is 8.69. The van der Waals surface area contributed by atoms with E-state index in [-0.39, 0.29) is 29.0 Å². The highest BCUT2D eigenvalue weighted by atomic mass is 32.2. The zero-order chi connectivity index (χ0) is 28.8. The number of carboxylic acid groups (broad SMARTS) is 1. The largest absolute Gasteiger partial charge is 0.489 e. The minimum atomic E-state index is -4.88. The van der Waals surface area contributed by atoms with Gasteiger partial charge < -0.3 is 9.84 Å². The number of benzene rings is 3. The lowest BCUT2D eigenvalue weighted by Gasteiger charge is -2.34. The van der Waals surface area contributed by atoms with Gasteiger partial charge in [0.1, 0.15) is 18.2 Å². The average Bonchev–Trinajstić information content (AvgIpc) is 2.85. The summed E-state index contributed by atoms with van der Waals surface area (Å²) in [6.07, 6.45) is -9.79. The number of carbonyl (C=O) groups is 1. The van der Waals surface area contributed by atoms with Gasteiger partial charge in [-0.3, -0.25) is 9.10 Å². The molecule has 1 unspecified atom stereocenters. The van der Waals surface area contributed by atoms with Crippen LogP contribution in [0.4, 0.5) is 36.4 Å². The number of hydrogen-bond donors (Lipinski definition) is 1. The van der Waals surface area contributed by atoms with E-state index in [1.54, 1.807) is 0 Å². The van der Waals surface area contributed by atoms with Crippen molar-refractivity contribution in [1.29, 1.82) is 0 Å². The van der Waals surface area contributed by atoms with Gasteiger partial charge in [-0.05, 0) is 53.9 Å². The maximum absolute atomic E-state index is 13.9. The molecule has 0 amide bonds. The van der Waals surface area contributed by atoms with E-state index < -0.39 is 69.3 Å². The lowest BCUT2D eigenvalue weighted by atomic mass is 9.94.